The van der Waals surface area contributed by atoms with Crippen molar-refractivity contribution in [2.45, 2.75) is 71.6 Å². The summed E-state index contributed by atoms with van der Waals surface area (Å²) in [6.07, 6.45) is 11.9. The fourth-order valence-electron chi connectivity index (χ4n) is 7.50. The summed E-state index contributed by atoms with van der Waals surface area (Å²) in [7, 11) is 0. The van der Waals surface area contributed by atoms with Gasteiger partial charge in [0.25, 0.3) is 0 Å². The van der Waals surface area contributed by atoms with Crippen LogP contribution in [0.25, 0.3) is 22.0 Å². The normalized spacial score (nSPS) is 26.2. The number of benzene rings is 2. The van der Waals surface area contributed by atoms with Crippen LogP contribution in [0.4, 0.5) is 0 Å². The van der Waals surface area contributed by atoms with Gasteiger partial charge >= 0.3 is 0 Å². The van der Waals surface area contributed by atoms with Gasteiger partial charge in [-0.2, -0.15) is 0 Å². The van der Waals surface area contributed by atoms with Gasteiger partial charge in [-0.15, -0.1) is 34.9 Å². The van der Waals surface area contributed by atoms with Gasteiger partial charge in [0.1, 0.15) is 0 Å². The van der Waals surface area contributed by atoms with E-state index < -0.39 is 0 Å². The Balaban J connectivity index is 0.000000338. The van der Waals surface area contributed by atoms with Crippen molar-refractivity contribution in [3.8, 4) is 11.3 Å². The van der Waals surface area contributed by atoms with Crippen LogP contribution in [0.5, 0.6) is 0 Å². The molecule has 4 aliphatic rings. The molecule has 0 amide bonds. The fourth-order valence-corrected chi connectivity index (χ4v) is 7.50. The fraction of sp³-hybridized carbons (Fsp3) is 0.438. The van der Waals surface area contributed by atoms with Crippen molar-refractivity contribution in [1.29, 1.82) is 0 Å². The molecule has 4 heteroatoms. The average molecular weight is 659 g/mol. The smallest absolute Gasteiger partial charge is 0.155 e. The summed E-state index contributed by atoms with van der Waals surface area (Å²) in [5, 5.41) is 11.0. The van der Waals surface area contributed by atoms with E-state index in [2.05, 4.69) is 56.3 Å². The second-order valence-corrected chi connectivity index (χ2v) is 11.4. The van der Waals surface area contributed by atoms with Gasteiger partial charge in [-0.05, 0) is 104 Å². The Hall–Kier alpha value is -2.29. The molecule has 3 nitrogen and oxygen atoms in total. The first-order chi connectivity index (χ1) is 16.7. The minimum Gasteiger partial charge on any atom is -0.512 e. The Morgan fingerprint density at radius 1 is 1.00 bits per heavy atom. The molecule has 0 aliphatic heterocycles. The van der Waals surface area contributed by atoms with Crippen molar-refractivity contribution in [2.24, 2.45) is 17.8 Å². The van der Waals surface area contributed by atoms with Gasteiger partial charge in [0.05, 0.1) is 5.76 Å². The van der Waals surface area contributed by atoms with Crippen molar-refractivity contribution in [3.63, 3.8) is 0 Å². The molecule has 7 rings (SSSR count). The van der Waals surface area contributed by atoms with E-state index in [0.717, 1.165) is 29.0 Å². The quantitative estimate of drug-likeness (QED) is 0.177. The number of aryl methyl sites for hydroxylation is 2. The topological polar surface area (TPSA) is 50.2 Å². The van der Waals surface area contributed by atoms with Gasteiger partial charge in [0, 0.05) is 32.4 Å². The average Bonchev–Trinajstić information content (AvgIpc) is 2.76. The number of carbonyl (C=O) groups is 1. The standard InChI is InChI=1S/C27H28N.C5H8O2.Ir/c1-17-7-18(2)9-23(8-17)26-25-4-3-24(13-22(25)5-6-28-26)27-14-19-10-20(15-27)12-21(11-19)16-27;1-4(6)3-5(2)7;/h3-8,13,19-21H,10-12,14-16H2,1-2H3;3,6H,1-2H3;/q-1;;/b;4-3-;. The third-order valence-corrected chi connectivity index (χ3v) is 8.23. The molecule has 1 N–H and O–H groups in total. The molecule has 191 valence electrons. The van der Waals surface area contributed by atoms with Crippen LogP contribution in [0.1, 0.15) is 69.1 Å². The van der Waals surface area contributed by atoms with Crippen LogP contribution in [-0.2, 0) is 30.3 Å². The number of hydrogen-bond acceptors (Lipinski definition) is 3. The summed E-state index contributed by atoms with van der Waals surface area (Å²) in [6, 6.07) is 17.4. The van der Waals surface area contributed by atoms with E-state index in [9.17, 15) is 4.79 Å². The van der Waals surface area contributed by atoms with E-state index in [1.165, 1.54) is 80.3 Å². The summed E-state index contributed by atoms with van der Waals surface area (Å²) >= 11 is 0. The first-order valence-corrected chi connectivity index (χ1v) is 13.0. The molecule has 4 bridgehead atoms. The molecule has 36 heavy (non-hydrogen) atoms. The largest absolute Gasteiger partial charge is 0.512 e. The van der Waals surface area contributed by atoms with Gasteiger partial charge < -0.3 is 10.1 Å². The number of hydrogen-bond donors (Lipinski definition) is 1. The zero-order valence-electron chi connectivity index (χ0n) is 21.7. The van der Waals surface area contributed by atoms with Crippen LogP contribution >= 0.6 is 0 Å². The maximum atomic E-state index is 10.0. The minimum atomic E-state index is -0.125. The number of carbonyl (C=O) groups excluding carboxylic acids is 1. The molecular formula is C32H36IrNO2-. The maximum Gasteiger partial charge on any atom is 0.155 e. The number of pyridine rings is 1. The predicted molar refractivity (Wildman–Crippen MR) is 142 cm³/mol. The molecule has 0 spiro atoms. The summed E-state index contributed by atoms with van der Waals surface area (Å²) < 4.78 is 0. The van der Waals surface area contributed by atoms with E-state index in [1.807, 2.05) is 6.20 Å². The molecule has 2 aromatic carbocycles. The second kappa shape index (κ2) is 10.6. The van der Waals surface area contributed by atoms with Crippen molar-refractivity contribution >= 4 is 16.6 Å². The Bertz CT molecular complexity index is 1250. The zero-order valence-corrected chi connectivity index (χ0v) is 24.1. The van der Waals surface area contributed by atoms with E-state index >= 15 is 0 Å². The van der Waals surface area contributed by atoms with Crippen LogP contribution in [0.3, 0.4) is 0 Å². The van der Waals surface area contributed by atoms with Crippen molar-refractivity contribution < 1.29 is 30.0 Å². The van der Waals surface area contributed by atoms with Crippen LogP contribution in [0.2, 0.25) is 0 Å². The Labute approximate surface area is 228 Å². The molecular weight excluding hydrogens is 623 g/mol. The molecule has 4 saturated carbocycles. The number of aliphatic hydroxyl groups excluding tert-OH is 1. The third kappa shape index (κ3) is 5.50. The number of allylic oxidation sites excluding steroid dienone is 2. The molecule has 0 saturated heterocycles. The zero-order chi connectivity index (χ0) is 24.7. The second-order valence-electron chi connectivity index (χ2n) is 11.4. The summed E-state index contributed by atoms with van der Waals surface area (Å²) in [4.78, 5) is 14.8. The third-order valence-electron chi connectivity index (χ3n) is 8.23. The van der Waals surface area contributed by atoms with Gasteiger partial charge in [-0.1, -0.05) is 32.0 Å². The Kier molecular flexibility index (Phi) is 7.88. The summed E-state index contributed by atoms with van der Waals surface area (Å²) in [5.41, 5.74) is 6.69. The van der Waals surface area contributed by atoms with Crippen LogP contribution in [0.15, 0.2) is 54.4 Å². The van der Waals surface area contributed by atoms with Crippen LogP contribution in [-0.4, -0.2) is 15.9 Å². The number of aromatic nitrogens is 1. The molecule has 0 unspecified atom stereocenters. The maximum absolute atomic E-state index is 10.0. The molecule has 1 heterocycles. The van der Waals surface area contributed by atoms with Gasteiger partial charge in [0.2, 0.25) is 0 Å². The van der Waals surface area contributed by atoms with Crippen LogP contribution in [0, 0.1) is 37.7 Å². The molecule has 0 atom stereocenters. The van der Waals surface area contributed by atoms with Crippen LogP contribution < -0.4 is 0 Å². The number of nitrogens with zero attached hydrogens (tertiary/aromatic N) is 1. The molecule has 1 aromatic heterocycles. The van der Waals surface area contributed by atoms with E-state index in [4.69, 9.17) is 10.1 Å². The molecule has 4 aliphatic carbocycles. The van der Waals surface area contributed by atoms with E-state index in [-0.39, 0.29) is 31.6 Å². The SMILES string of the molecule is CC(=O)/C=C(/C)O.Cc1[c-]c(-c2nccc3cc(C45CC6CC(CC(C6)C4)C5)ccc23)cc(C)c1.[Ir]. The predicted octanol–water partition coefficient (Wildman–Crippen LogP) is 7.82. The summed E-state index contributed by atoms with van der Waals surface area (Å²) in [6.45, 7) is 7.12. The van der Waals surface area contributed by atoms with Crippen molar-refractivity contribution in [2.75, 3.05) is 0 Å². The van der Waals surface area contributed by atoms with Crippen molar-refractivity contribution in [3.05, 3.63) is 77.2 Å². The van der Waals surface area contributed by atoms with Gasteiger partial charge in [-0.25, -0.2) is 0 Å². The number of fused-ring (bicyclic) bond motifs is 1. The monoisotopic (exact) mass is 659 g/mol. The minimum absolute atomic E-state index is 0. The molecule has 3 aromatic rings. The van der Waals surface area contributed by atoms with Crippen molar-refractivity contribution in [1.82, 2.24) is 4.98 Å². The summed E-state index contributed by atoms with van der Waals surface area (Å²) in [5.74, 6) is 2.90. The van der Waals surface area contributed by atoms with Gasteiger partial charge in [-0.3, -0.25) is 4.79 Å². The number of ketones is 1. The van der Waals surface area contributed by atoms with E-state index in [1.54, 1.807) is 5.56 Å². The van der Waals surface area contributed by atoms with E-state index in [0.29, 0.717) is 5.41 Å². The number of aliphatic hydroxyl groups is 1. The first kappa shape index (κ1) is 26.8. The Morgan fingerprint density at radius 3 is 2.17 bits per heavy atom. The molecule has 1 radical (unpaired) electrons. The first-order valence-electron chi connectivity index (χ1n) is 13.0. The van der Waals surface area contributed by atoms with Gasteiger partial charge in [0.15, 0.2) is 5.78 Å². The number of rotatable bonds is 3. The Morgan fingerprint density at radius 2 is 1.64 bits per heavy atom. The molecule has 4 fully saturated rings.